The Balaban J connectivity index is 1.72. The van der Waals surface area contributed by atoms with Crippen molar-refractivity contribution in [1.82, 2.24) is 9.88 Å². The van der Waals surface area contributed by atoms with Crippen LogP contribution < -0.4 is 0 Å². The summed E-state index contributed by atoms with van der Waals surface area (Å²) in [6.07, 6.45) is 1.08. The van der Waals surface area contributed by atoms with Gasteiger partial charge < -0.3 is 14.7 Å². The number of carbonyl (C=O) groups is 2. The first kappa shape index (κ1) is 14.7. The fourth-order valence-corrected chi connectivity index (χ4v) is 3.00. The minimum Gasteiger partial charge on any atom is -0.478 e. The summed E-state index contributed by atoms with van der Waals surface area (Å²) in [6, 6.07) is 4.82. The highest BCUT2D eigenvalue weighted by Gasteiger charge is 2.27. The predicted molar refractivity (Wildman–Crippen MR) is 80.1 cm³/mol. The first-order valence-electron chi connectivity index (χ1n) is 6.77. The molecule has 2 aromatic rings. The zero-order chi connectivity index (χ0) is 15.5. The summed E-state index contributed by atoms with van der Waals surface area (Å²) >= 11 is 1.59. The molecule has 3 heterocycles. The third-order valence-corrected chi connectivity index (χ3v) is 4.20. The van der Waals surface area contributed by atoms with Crippen molar-refractivity contribution in [3.63, 3.8) is 0 Å². The highest BCUT2D eigenvalue weighted by molar-refractivity contribution is 7.07. The van der Waals surface area contributed by atoms with Gasteiger partial charge in [-0.25, -0.2) is 4.79 Å². The van der Waals surface area contributed by atoms with Crippen LogP contribution in [0.4, 0.5) is 0 Å². The normalized spacial score (nSPS) is 18.2. The Morgan fingerprint density at radius 2 is 2.23 bits per heavy atom. The van der Waals surface area contributed by atoms with Gasteiger partial charge in [0.2, 0.25) is 0 Å². The number of thiophene rings is 1. The van der Waals surface area contributed by atoms with E-state index in [9.17, 15) is 9.59 Å². The van der Waals surface area contributed by atoms with Crippen LogP contribution in [0.1, 0.15) is 32.5 Å². The van der Waals surface area contributed by atoms with Gasteiger partial charge in [0.15, 0.2) is 0 Å². The molecule has 1 saturated heterocycles. The molecule has 3 rings (SSSR count). The number of carbonyl (C=O) groups excluding carboxylic acids is 1. The van der Waals surface area contributed by atoms with Crippen LogP contribution in [0.3, 0.4) is 0 Å². The van der Waals surface area contributed by atoms with Crippen molar-refractivity contribution in [1.29, 1.82) is 0 Å². The topological polar surface area (TPSA) is 79.7 Å². The number of carboxylic acids is 1. The summed E-state index contributed by atoms with van der Waals surface area (Å²) in [6.45, 7) is 1.44. The van der Waals surface area contributed by atoms with Crippen molar-refractivity contribution in [2.75, 3.05) is 19.7 Å². The van der Waals surface area contributed by atoms with Crippen molar-refractivity contribution < 1.29 is 19.4 Å². The van der Waals surface area contributed by atoms with Gasteiger partial charge in [-0.2, -0.15) is 11.3 Å². The zero-order valence-electron chi connectivity index (χ0n) is 11.6. The Morgan fingerprint density at radius 3 is 2.86 bits per heavy atom. The van der Waals surface area contributed by atoms with Gasteiger partial charge >= 0.3 is 5.97 Å². The maximum Gasteiger partial charge on any atom is 0.337 e. The Labute approximate surface area is 131 Å². The van der Waals surface area contributed by atoms with E-state index in [1.807, 2.05) is 16.8 Å². The molecule has 1 aliphatic rings. The van der Waals surface area contributed by atoms with Gasteiger partial charge in [0, 0.05) is 12.7 Å². The van der Waals surface area contributed by atoms with E-state index in [1.54, 1.807) is 16.2 Å². The van der Waals surface area contributed by atoms with Crippen molar-refractivity contribution in [3.8, 4) is 0 Å². The quantitative estimate of drug-likeness (QED) is 0.937. The third kappa shape index (κ3) is 3.00. The largest absolute Gasteiger partial charge is 0.478 e. The molecule has 0 aliphatic carbocycles. The molecule has 114 valence electrons. The Hall–Kier alpha value is -2.25. The van der Waals surface area contributed by atoms with Crippen LogP contribution in [0, 0.1) is 0 Å². The molecule has 1 atom stereocenters. The van der Waals surface area contributed by atoms with E-state index in [0.717, 1.165) is 5.56 Å². The molecule has 1 N–H and O–H groups in total. The molecule has 7 heteroatoms. The SMILES string of the molecule is O=C(O)c1ccc(C(=O)N2CCOC(c3ccsc3)C2)nc1. The molecular formula is C15H14N2O4S. The fraction of sp³-hybridized carbons (Fsp3) is 0.267. The molecule has 1 aliphatic heterocycles. The molecule has 0 radical (unpaired) electrons. The molecule has 22 heavy (non-hydrogen) atoms. The number of nitrogens with zero attached hydrogens (tertiary/aromatic N) is 2. The van der Waals surface area contributed by atoms with E-state index in [2.05, 4.69) is 4.98 Å². The molecule has 1 amide bonds. The number of hydrogen-bond acceptors (Lipinski definition) is 5. The summed E-state index contributed by atoms with van der Waals surface area (Å²) in [5.74, 6) is -1.27. The lowest BCUT2D eigenvalue weighted by Gasteiger charge is -2.32. The highest BCUT2D eigenvalue weighted by atomic mass is 32.1. The number of aromatic carboxylic acids is 1. The summed E-state index contributed by atoms with van der Waals surface area (Å²) in [4.78, 5) is 28.9. The molecule has 2 aromatic heterocycles. The van der Waals surface area contributed by atoms with Crippen LogP contribution in [0.5, 0.6) is 0 Å². The summed E-state index contributed by atoms with van der Waals surface area (Å²) < 4.78 is 5.70. The molecule has 0 aromatic carbocycles. The first-order valence-corrected chi connectivity index (χ1v) is 7.72. The van der Waals surface area contributed by atoms with Crippen molar-refractivity contribution in [2.24, 2.45) is 0 Å². The molecule has 6 nitrogen and oxygen atoms in total. The van der Waals surface area contributed by atoms with Gasteiger partial charge in [0.1, 0.15) is 11.8 Å². The molecule has 0 saturated carbocycles. The maximum atomic E-state index is 12.5. The number of aromatic nitrogens is 1. The lowest BCUT2D eigenvalue weighted by atomic mass is 10.1. The van der Waals surface area contributed by atoms with Crippen LogP contribution >= 0.6 is 11.3 Å². The van der Waals surface area contributed by atoms with Gasteiger partial charge in [-0.15, -0.1) is 0 Å². The second kappa shape index (κ2) is 6.25. The molecular weight excluding hydrogens is 304 g/mol. The van der Waals surface area contributed by atoms with Crippen molar-refractivity contribution >= 4 is 23.2 Å². The lowest BCUT2D eigenvalue weighted by molar-refractivity contribution is -0.0228. The molecule has 1 fully saturated rings. The number of hydrogen-bond donors (Lipinski definition) is 1. The van der Waals surface area contributed by atoms with Crippen LogP contribution in [0.2, 0.25) is 0 Å². The number of pyridine rings is 1. The molecule has 0 spiro atoms. The minimum absolute atomic E-state index is 0.0645. The summed E-state index contributed by atoms with van der Waals surface area (Å²) in [5.41, 5.74) is 1.38. The molecule has 0 bridgehead atoms. The second-order valence-electron chi connectivity index (χ2n) is 4.90. The van der Waals surface area contributed by atoms with E-state index < -0.39 is 5.97 Å². The first-order chi connectivity index (χ1) is 10.6. The van der Waals surface area contributed by atoms with E-state index in [4.69, 9.17) is 9.84 Å². The van der Waals surface area contributed by atoms with Gasteiger partial charge in [-0.1, -0.05) is 0 Å². The van der Waals surface area contributed by atoms with Gasteiger partial charge in [0.25, 0.3) is 5.91 Å². The standard InChI is InChI=1S/C15H14N2O4S/c18-14(12-2-1-10(7-16-12)15(19)20)17-4-5-21-13(8-17)11-3-6-22-9-11/h1-3,6-7,9,13H,4-5,8H2,(H,19,20). The Bertz CT molecular complexity index is 669. The van der Waals surface area contributed by atoms with Gasteiger partial charge in [-0.05, 0) is 34.5 Å². The highest BCUT2D eigenvalue weighted by Crippen LogP contribution is 2.24. The van der Waals surface area contributed by atoms with E-state index in [-0.39, 0.29) is 23.3 Å². The summed E-state index contributed by atoms with van der Waals surface area (Å²) in [5, 5.41) is 12.8. The van der Waals surface area contributed by atoms with E-state index in [1.165, 1.54) is 18.3 Å². The number of ether oxygens (including phenoxy) is 1. The average molecular weight is 318 g/mol. The number of amides is 1. The average Bonchev–Trinajstić information content (AvgIpc) is 3.09. The fourth-order valence-electron chi connectivity index (χ4n) is 2.30. The van der Waals surface area contributed by atoms with Crippen molar-refractivity contribution in [3.05, 3.63) is 52.0 Å². The lowest BCUT2D eigenvalue weighted by Crippen LogP contribution is -2.42. The van der Waals surface area contributed by atoms with Crippen LogP contribution in [-0.2, 0) is 4.74 Å². The number of carboxylic acid groups (broad SMARTS) is 1. The van der Waals surface area contributed by atoms with E-state index in [0.29, 0.717) is 19.7 Å². The smallest absolute Gasteiger partial charge is 0.337 e. The third-order valence-electron chi connectivity index (χ3n) is 3.50. The summed E-state index contributed by atoms with van der Waals surface area (Å²) in [7, 11) is 0. The van der Waals surface area contributed by atoms with E-state index >= 15 is 0 Å². The van der Waals surface area contributed by atoms with Crippen LogP contribution in [0.25, 0.3) is 0 Å². The number of morpholine rings is 1. The Kier molecular flexibility index (Phi) is 4.17. The van der Waals surface area contributed by atoms with Crippen molar-refractivity contribution in [2.45, 2.75) is 6.10 Å². The van der Waals surface area contributed by atoms with Crippen LogP contribution in [-0.4, -0.2) is 46.6 Å². The molecule has 1 unspecified atom stereocenters. The van der Waals surface area contributed by atoms with Crippen LogP contribution in [0.15, 0.2) is 35.2 Å². The minimum atomic E-state index is -1.06. The number of rotatable bonds is 3. The second-order valence-corrected chi connectivity index (χ2v) is 5.68. The van der Waals surface area contributed by atoms with Gasteiger partial charge in [0.05, 0.1) is 18.7 Å². The Morgan fingerprint density at radius 1 is 1.36 bits per heavy atom. The maximum absolute atomic E-state index is 12.5. The monoisotopic (exact) mass is 318 g/mol. The zero-order valence-corrected chi connectivity index (χ0v) is 12.5. The predicted octanol–water partition coefficient (Wildman–Crippen LogP) is 2.06. The van der Waals surface area contributed by atoms with Gasteiger partial charge in [-0.3, -0.25) is 9.78 Å².